The molecule has 0 aliphatic heterocycles. The van der Waals surface area contributed by atoms with Crippen molar-refractivity contribution in [3.63, 3.8) is 0 Å². The van der Waals surface area contributed by atoms with Crippen LogP contribution in [0.1, 0.15) is 37.6 Å². The van der Waals surface area contributed by atoms with Crippen LogP contribution in [-0.2, 0) is 4.74 Å². The molecule has 0 saturated heterocycles. The third-order valence-electron chi connectivity index (χ3n) is 3.93. The maximum Gasteiger partial charge on any atom is 0.337 e. The predicted molar refractivity (Wildman–Crippen MR) is 72.4 cm³/mol. The minimum atomic E-state index is -0.941. The van der Waals surface area contributed by atoms with Crippen LogP contribution in [0.5, 0.6) is 0 Å². The van der Waals surface area contributed by atoms with Gasteiger partial charge in [-0.3, -0.25) is 4.98 Å². The highest BCUT2D eigenvalue weighted by Gasteiger charge is 2.49. The van der Waals surface area contributed by atoms with Crippen molar-refractivity contribution >= 4 is 11.7 Å². The highest BCUT2D eigenvalue weighted by molar-refractivity contribution is 5.93. The molecule has 2 atom stereocenters. The standard InChI is InChI=1S/C14H20N2O3/c1-4-19-12-7-11(14(12,2)3)16-10-8-15-6-5-9(10)13(17)18/h5-6,8,11-12,16H,4,7H2,1-3H3,(H,17,18). The van der Waals surface area contributed by atoms with Gasteiger partial charge in [-0.25, -0.2) is 4.79 Å². The maximum absolute atomic E-state index is 11.1. The second-order valence-electron chi connectivity index (χ2n) is 5.42. The largest absolute Gasteiger partial charge is 0.478 e. The molecule has 2 rings (SSSR count). The van der Waals surface area contributed by atoms with Gasteiger partial charge in [0.2, 0.25) is 0 Å². The Morgan fingerprint density at radius 1 is 1.63 bits per heavy atom. The van der Waals surface area contributed by atoms with Crippen LogP contribution in [0.25, 0.3) is 0 Å². The minimum absolute atomic E-state index is 0.0123. The molecular weight excluding hydrogens is 244 g/mol. The number of carboxylic acid groups (broad SMARTS) is 1. The third kappa shape index (κ3) is 2.56. The van der Waals surface area contributed by atoms with Crippen molar-refractivity contribution in [1.82, 2.24) is 4.98 Å². The Balaban J connectivity index is 2.10. The molecule has 5 nitrogen and oxygen atoms in total. The summed E-state index contributed by atoms with van der Waals surface area (Å²) in [6.45, 7) is 6.95. The Morgan fingerprint density at radius 2 is 2.37 bits per heavy atom. The highest BCUT2D eigenvalue weighted by Crippen LogP contribution is 2.44. The molecule has 1 aliphatic carbocycles. The van der Waals surface area contributed by atoms with E-state index in [1.165, 1.54) is 12.3 Å². The summed E-state index contributed by atoms with van der Waals surface area (Å²) in [5, 5.41) is 12.4. The SMILES string of the molecule is CCOC1CC(Nc2cnccc2C(=O)O)C1(C)C. The van der Waals surface area contributed by atoms with Crippen LogP contribution in [0.2, 0.25) is 0 Å². The van der Waals surface area contributed by atoms with Gasteiger partial charge in [-0.15, -0.1) is 0 Å². The van der Waals surface area contributed by atoms with Gasteiger partial charge in [0.15, 0.2) is 0 Å². The van der Waals surface area contributed by atoms with Crippen LogP contribution in [0.4, 0.5) is 5.69 Å². The van der Waals surface area contributed by atoms with Gasteiger partial charge in [0.05, 0.1) is 23.6 Å². The van der Waals surface area contributed by atoms with E-state index >= 15 is 0 Å². The zero-order valence-electron chi connectivity index (χ0n) is 11.5. The number of nitrogens with zero attached hydrogens (tertiary/aromatic N) is 1. The van der Waals surface area contributed by atoms with Gasteiger partial charge in [0.1, 0.15) is 0 Å². The molecule has 2 unspecified atom stereocenters. The molecule has 2 N–H and O–H groups in total. The lowest BCUT2D eigenvalue weighted by atomic mass is 9.64. The summed E-state index contributed by atoms with van der Waals surface area (Å²) in [4.78, 5) is 15.1. The number of ether oxygens (including phenoxy) is 1. The molecule has 0 amide bonds. The van der Waals surface area contributed by atoms with E-state index in [-0.39, 0.29) is 23.1 Å². The summed E-state index contributed by atoms with van der Waals surface area (Å²) in [6.07, 6.45) is 4.16. The fourth-order valence-electron chi connectivity index (χ4n) is 2.50. The topological polar surface area (TPSA) is 71.5 Å². The lowest BCUT2D eigenvalue weighted by Gasteiger charge is -2.52. The molecule has 0 bridgehead atoms. The zero-order valence-corrected chi connectivity index (χ0v) is 11.5. The first kappa shape index (κ1) is 13.8. The molecule has 1 saturated carbocycles. The van der Waals surface area contributed by atoms with E-state index in [0.29, 0.717) is 12.3 Å². The van der Waals surface area contributed by atoms with Gasteiger partial charge in [0, 0.05) is 24.3 Å². The van der Waals surface area contributed by atoms with E-state index in [1.807, 2.05) is 6.92 Å². The lowest BCUT2D eigenvalue weighted by Crippen LogP contribution is -2.58. The van der Waals surface area contributed by atoms with Gasteiger partial charge < -0.3 is 15.2 Å². The smallest absolute Gasteiger partial charge is 0.337 e. The summed E-state index contributed by atoms with van der Waals surface area (Å²) < 4.78 is 5.67. The van der Waals surface area contributed by atoms with Crippen molar-refractivity contribution in [3.8, 4) is 0 Å². The quantitative estimate of drug-likeness (QED) is 0.854. The normalized spacial score (nSPS) is 24.6. The Labute approximate surface area is 113 Å². The molecule has 1 aromatic heterocycles. The monoisotopic (exact) mass is 264 g/mol. The number of carbonyl (C=O) groups is 1. The average Bonchev–Trinajstić information content (AvgIpc) is 2.38. The fourth-order valence-corrected chi connectivity index (χ4v) is 2.50. The fraction of sp³-hybridized carbons (Fsp3) is 0.571. The number of carboxylic acids is 1. The van der Waals surface area contributed by atoms with E-state index in [4.69, 9.17) is 9.84 Å². The van der Waals surface area contributed by atoms with Crippen molar-refractivity contribution < 1.29 is 14.6 Å². The number of rotatable bonds is 5. The molecule has 1 fully saturated rings. The number of aromatic carboxylic acids is 1. The molecule has 104 valence electrons. The molecule has 0 spiro atoms. The summed E-state index contributed by atoms with van der Waals surface area (Å²) >= 11 is 0. The third-order valence-corrected chi connectivity index (χ3v) is 3.93. The van der Waals surface area contributed by atoms with E-state index in [1.54, 1.807) is 6.20 Å². The predicted octanol–water partition coefficient (Wildman–Crippen LogP) is 2.40. The van der Waals surface area contributed by atoms with E-state index < -0.39 is 5.97 Å². The molecule has 19 heavy (non-hydrogen) atoms. The first-order chi connectivity index (χ1) is 8.96. The first-order valence-electron chi connectivity index (χ1n) is 6.52. The average molecular weight is 264 g/mol. The molecular formula is C14H20N2O3. The van der Waals surface area contributed by atoms with Crippen molar-refractivity contribution in [2.75, 3.05) is 11.9 Å². The van der Waals surface area contributed by atoms with Gasteiger partial charge in [-0.2, -0.15) is 0 Å². The Kier molecular flexibility index (Phi) is 3.75. The molecule has 1 aromatic rings. The summed E-state index contributed by atoms with van der Waals surface area (Å²) in [6, 6.07) is 1.71. The second kappa shape index (κ2) is 5.17. The number of hydrogen-bond acceptors (Lipinski definition) is 4. The van der Waals surface area contributed by atoms with E-state index in [9.17, 15) is 4.79 Å². The Bertz CT molecular complexity index is 474. The van der Waals surface area contributed by atoms with Crippen molar-refractivity contribution in [2.24, 2.45) is 5.41 Å². The number of anilines is 1. The van der Waals surface area contributed by atoms with Crippen LogP contribution in [0, 0.1) is 5.41 Å². The van der Waals surface area contributed by atoms with Crippen LogP contribution in [0.3, 0.4) is 0 Å². The molecule has 0 radical (unpaired) electrons. The molecule has 0 aromatic carbocycles. The number of aromatic nitrogens is 1. The number of hydrogen-bond donors (Lipinski definition) is 2. The molecule has 5 heteroatoms. The van der Waals surface area contributed by atoms with Gasteiger partial charge >= 0.3 is 5.97 Å². The van der Waals surface area contributed by atoms with Crippen LogP contribution in [0.15, 0.2) is 18.5 Å². The van der Waals surface area contributed by atoms with Gasteiger partial charge in [0.25, 0.3) is 0 Å². The van der Waals surface area contributed by atoms with Gasteiger partial charge in [-0.1, -0.05) is 13.8 Å². The highest BCUT2D eigenvalue weighted by atomic mass is 16.5. The summed E-state index contributed by atoms with van der Waals surface area (Å²) in [7, 11) is 0. The van der Waals surface area contributed by atoms with Crippen LogP contribution in [-0.4, -0.2) is 34.8 Å². The first-order valence-corrected chi connectivity index (χ1v) is 6.52. The van der Waals surface area contributed by atoms with Crippen molar-refractivity contribution in [2.45, 2.75) is 39.3 Å². The Morgan fingerprint density at radius 3 is 2.95 bits per heavy atom. The second-order valence-corrected chi connectivity index (χ2v) is 5.42. The van der Waals surface area contributed by atoms with Gasteiger partial charge in [-0.05, 0) is 19.4 Å². The summed E-state index contributed by atoms with van der Waals surface area (Å²) in [5.74, 6) is -0.941. The van der Waals surface area contributed by atoms with E-state index in [2.05, 4.69) is 24.1 Å². The zero-order chi connectivity index (χ0) is 14.0. The molecule has 1 aliphatic rings. The maximum atomic E-state index is 11.1. The number of pyridine rings is 1. The van der Waals surface area contributed by atoms with Crippen LogP contribution < -0.4 is 5.32 Å². The molecule has 1 heterocycles. The minimum Gasteiger partial charge on any atom is -0.478 e. The summed E-state index contributed by atoms with van der Waals surface area (Å²) in [5.41, 5.74) is 0.815. The van der Waals surface area contributed by atoms with E-state index in [0.717, 1.165) is 6.42 Å². The van der Waals surface area contributed by atoms with Crippen molar-refractivity contribution in [1.29, 1.82) is 0 Å². The lowest BCUT2D eigenvalue weighted by molar-refractivity contribution is -0.0976. The number of nitrogens with one attached hydrogen (secondary N) is 1. The Hall–Kier alpha value is -1.62. The van der Waals surface area contributed by atoms with Crippen LogP contribution >= 0.6 is 0 Å². The van der Waals surface area contributed by atoms with Crippen molar-refractivity contribution in [3.05, 3.63) is 24.0 Å².